The first-order valence-corrected chi connectivity index (χ1v) is 28.4. The number of carbonyl (C=O) groups excluding carboxylic acids is 6. The van der Waals surface area contributed by atoms with Crippen LogP contribution in [0.15, 0.2) is 107 Å². The SMILES string of the molecule is O=C1NC2(CCN(c3cc(Br)cc4[nH]ncc34)CC2)C(=O)N1Cc1ccccc1.O=C1NC2(CCN(c3cc(Cl)cc4[nH]ncc34)CC2)C(=O)N1CC(F)(F)F.O=C1NC2(CCN(c3cc(Cl)cc4[nH]ncc34)CC2)C(=O)N1Cc1ncco1. The first-order chi connectivity index (χ1) is 40.3. The summed E-state index contributed by atoms with van der Waals surface area (Å²) in [6, 6.07) is 19.2. The third kappa shape index (κ3) is 10.7. The van der Waals surface area contributed by atoms with Crippen LogP contribution in [0.3, 0.4) is 0 Å². The summed E-state index contributed by atoms with van der Waals surface area (Å²) in [5, 5.41) is 33.4. The van der Waals surface area contributed by atoms with E-state index in [1.54, 1.807) is 24.5 Å². The number of halogens is 6. The second kappa shape index (κ2) is 22.0. The molecule has 0 unspecified atom stereocenters. The van der Waals surface area contributed by atoms with Crippen LogP contribution in [-0.2, 0) is 27.5 Å². The van der Waals surface area contributed by atoms with E-state index < -0.39 is 47.3 Å². The lowest BCUT2D eigenvalue weighted by Gasteiger charge is -2.38. The second-order valence-corrected chi connectivity index (χ2v) is 23.3. The minimum Gasteiger partial charge on any atom is -0.447 e. The van der Waals surface area contributed by atoms with Gasteiger partial charge in [0.15, 0.2) is 0 Å². The van der Waals surface area contributed by atoms with E-state index in [4.69, 9.17) is 27.6 Å². The van der Waals surface area contributed by atoms with Crippen molar-refractivity contribution in [3.8, 4) is 0 Å². The van der Waals surface area contributed by atoms with Crippen LogP contribution in [0.4, 0.5) is 44.6 Å². The quantitative estimate of drug-likeness (QED) is 0.0781. The summed E-state index contributed by atoms with van der Waals surface area (Å²) in [7, 11) is 0. The van der Waals surface area contributed by atoms with Crippen LogP contribution >= 0.6 is 39.1 Å². The van der Waals surface area contributed by atoms with E-state index in [1.807, 2.05) is 59.6 Å². The van der Waals surface area contributed by atoms with Gasteiger partial charge in [0.1, 0.15) is 36.0 Å². The molecule has 6 aliphatic rings. The number of alkyl halides is 3. The van der Waals surface area contributed by atoms with E-state index in [9.17, 15) is 41.9 Å². The Morgan fingerprint density at radius 3 is 1.38 bits per heavy atom. The summed E-state index contributed by atoms with van der Waals surface area (Å²) in [6.45, 7) is 2.11. The Balaban J connectivity index is 0.000000124. The number of nitrogens with zero attached hydrogens (tertiary/aromatic N) is 10. The molecule has 4 aromatic heterocycles. The fraction of sp³-hybridized carbons (Fsp3) is 0.345. The lowest BCUT2D eigenvalue weighted by Crippen LogP contribution is -2.55. The van der Waals surface area contributed by atoms with Crippen LogP contribution < -0.4 is 30.7 Å². The molecule has 0 atom stereocenters. The molecule has 14 rings (SSSR count). The largest absolute Gasteiger partial charge is 0.447 e. The number of rotatable bonds is 8. The number of benzene rings is 4. The third-order valence-corrected chi connectivity index (χ3v) is 17.3. The predicted molar refractivity (Wildman–Crippen MR) is 306 cm³/mol. The fourth-order valence-corrected chi connectivity index (χ4v) is 12.9. The van der Waals surface area contributed by atoms with Gasteiger partial charge in [0, 0.05) is 87.0 Å². The number of nitrogens with one attached hydrogen (secondary N) is 6. The number of fused-ring (bicyclic) bond motifs is 3. The number of aromatic amines is 3. The zero-order chi connectivity index (χ0) is 58.7. The summed E-state index contributed by atoms with van der Waals surface area (Å²) < 4.78 is 44.1. The van der Waals surface area contributed by atoms with Gasteiger partial charge in [-0.3, -0.25) is 44.4 Å². The maximum Gasteiger partial charge on any atom is 0.406 e. The second-order valence-electron chi connectivity index (χ2n) is 21.5. The van der Waals surface area contributed by atoms with Gasteiger partial charge in [-0.1, -0.05) is 69.5 Å². The van der Waals surface area contributed by atoms with Gasteiger partial charge in [-0.25, -0.2) is 19.4 Å². The van der Waals surface area contributed by atoms with Crippen LogP contribution in [-0.4, -0.2) is 155 Å². The highest BCUT2D eigenvalue weighted by Crippen LogP contribution is 2.40. The Labute approximate surface area is 493 Å². The molecule has 6 fully saturated rings. The summed E-state index contributed by atoms with van der Waals surface area (Å²) in [4.78, 5) is 88.8. The van der Waals surface area contributed by atoms with Crippen molar-refractivity contribution in [2.45, 2.75) is 74.4 Å². The highest BCUT2D eigenvalue weighted by atomic mass is 79.9. The number of anilines is 3. The van der Waals surface area contributed by atoms with Crippen LogP contribution in [0.5, 0.6) is 0 Å². The van der Waals surface area contributed by atoms with Crippen molar-refractivity contribution in [1.29, 1.82) is 0 Å². The number of piperidine rings is 3. The standard InChI is InChI=1S/C21H20BrN5O2.C18H17ClN6O3.C16H15ClF3N5O2/c22-15-10-17-16(12-23-25-17)18(11-15)26-8-6-21(7-9-26)19(28)27(20(29)24-21)13-14-4-2-1-3-5-14;19-11-7-13-12(9-21-23-13)14(8-11)24-4-1-18(2-5-24)16(26)25(17(27)22-18)10-15-20-3-6-28-15;17-9-5-11-10(7-21-23-11)12(6-9)24-3-1-15(2-4-24)13(26)25(14(27)22-15)8-16(18,19)20/h1-5,10-12H,6-9,13H2,(H,23,25)(H,24,29);3,6-9H,1-2,4-5,10H2,(H,21,23)(H,22,27);5-7H,1-4,8H2,(H,21,23)(H,22,27). The molecule has 6 saturated heterocycles. The Morgan fingerprint density at radius 2 is 0.952 bits per heavy atom. The molecule has 3 spiro atoms. The van der Waals surface area contributed by atoms with Crippen LogP contribution in [0, 0.1) is 0 Å². The summed E-state index contributed by atoms with van der Waals surface area (Å²) >= 11 is 15.9. The molecule has 8 aromatic rings. The Hall–Kier alpha value is -8.43. The monoisotopic (exact) mass is 1250 g/mol. The van der Waals surface area contributed by atoms with Gasteiger partial charge in [0.25, 0.3) is 17.7 Å². The van der Waals surface area contributed by atoms with Crippen molar-refractivity contribution >= 4 is 125 Å². The van der Waals surface area contributed by atoms with Crippen LogP contribution in [0.2, 0.25) is 10.0 Å². The van der Waals surface area contributed by atoms with Crippen molar-refractivity contribution in [3.05, 3.63) is 124 Å². The van der Waals surface area contributed by atoms with E-state index in [-0.39, 0.29) is 42.1 Å². The summed E-state index contributed by atoms with van der Waals surface area (Å²) in [6.07, 6.45) is 6.12. The van der Waals surface area contributed by atoms with Crippen molar-refractivity contribution < 1.29 is 46.4 Å². The molecule has 6 N–H and O–H groups in total. The highest BCUT2D eigenvalue weighted by Gasteiger charge is 2.56. The molecule has 29 heteroatoms. The number of imide groups is 3. The molecule has 6 aliphatic heterocycles. The number of carbonyl (C=O) groups is 6. The number of H-pyrrole nitrogens is 3. The number of aromatic nitrogens is 7. The molecular weight excluding hydrogens is 1200 g/mol. The number of oxazole rings is 1. The van der Waals surface area contributed by atoms with Gasteiger partial charge in [0.05, 0.1) is 47.9 Å². The first kappa shape index (κ1) is 56.1. The molecule has 9 amide bonds. The molecule has 0 radical (unpaired) electrons. The Bertz CT molecular complexity index is 3860. The van der Waals surface area contributed by atoms with E-state index in [2.05, 4.69) is 83.3 Å². The van der Waals surface area contributed by atoms with Crippen LogP contribution in [0.1, 0.15) is 50.0 Å². The van der Waals surface area contributed by atoms with Gasteiger partial charge in [-0.05, 0) is 80.5 Å². The topological polar surface area (TPSA) is 270 Å². The van der Waals surface area contributed by atoms with Gasteiger partial charge < -0.3 is 35.1 Å². The molecule has 10 heterocycles. The van der Waals surface area contributed by atoms with E-state index in [1.165, 1.54) is 22.3 Å². The van der Waals surface area contributed by atoms with E-state index >= 15 is 0 Å². The minimum atomic E-state index is -4.63. The Morgan fingerprint density at radius 1 is 0.548 bits per heavy atom. The van der Waals surface area contributed by atoms with Gasteiger partial charge >= 0.3 is 24.3 Å². The van der Waals surface area contributed by atoms with Crippen molar-refractivity contribution in [3.63, 3.8) is 0 Å². The third-order valence-electron chi connectivity index (χ3n) is 16.4. The minimum absolute atomic E-state index is 0.0348. The summed E-state index contributed by atoms with van der Waals surface area (Å²) in [5.41, 5.74) is 3.45. The molecule has 4 aromatic carbocycles. The smallest absolute Gasteiger partial charge is 0.406 e. The van der Waals surface area contributed by atoms with Gasteiger partial charge in [-0.15, -0.1) is 0 Å². The van der Waals surface area contributed by atoms with Crippen molar-refractivity contribution in [2.24, 2.45) is 0 Å². The predicted octanol–water partition coefficient (Wildman–Crippen LogP) is 8.38. The van der Waals surface area contributed by atoms with Gasteiger partial charge in [-0.2, -0.15) is 28.5 Å². The number of hydrogen-bond donors (Lipinski definition) is 6. The van der Waals surface area contributed by atoms with Gasteiger partial charge in [0.2, 0.25) is 5.89 Å². The maximum absolute atomic E-state index is 13.2. The fourth-order valence-electron chi connectivity index (χ4n) is 12.1. The number of amides is 9. The van der Waals surface area contributed by atoms with Crippen molar-refractivity contribution in [2.75, 3.05) is 60.5 Å². The molecular formula is C55H52BrCl2F3N16O7. The first-order valence-electron chi connectivity index (χ1n) is 26.8. The Kier molecular flexibility index (Phi) is 14.7. The molecule has 0 saturated carbocycles. The van der Waals surface area contributed by atoms with E-state index in [0.717, 1.165) is 59.8 Å². The average molecular weight is 1260 g/mol. The normalized spacial score (nSPS) is 19.2. The number of urea groups is 3. The maximum atomic E-state index is 13.2. The molecule has 0 bridgehead atoms. The lowest BCUT2D eigenvalue weighted by molar-refractivity contribution is -0.155. The zero-order valence-electron chi connectivity index (χ0n) is 44.4. The molecule has 0 aliphatic carbocycles. The molecule has 23 nitrogen and oxygen atoms in total. The molecule has 436 valence electrons. The summed E-state index contributed by atoms with van der Waals surface area (Å²) in [5.74, 6) is -0.827. The van der Waals surface area contributed by atoms with Crippen LogP contribution in [0.25, 0.3) is 32.7 Å². The lowest BCUT2D eigenvalue weighted by atomic mass is 9.87. The molecule has 84 heavy (non-hydrogen) atoms. The van der Waals surface area contributed by atoms with E-state index in [0.29, 0.717) is 87.4 Å². The average Bonchev–Trinajstić information content (AvgIpc) is 3.80. The highest BCUT2D eigenvalue weighted by molar-refractivity contribution is 9.10. The van der Waals surface area contributed by atoms with Crippen molar-refractivity contribution in [1.82, 2.24) is 66.2 Å². The number of hydrogen-bond acceptors (Lipinski definition) is 14. The zero-order valence-corrected chi connectivity index (χ0v) is 47.5.